The maximum absolute atomic E-state index is 12.4. The molecule has 0 spiro atoms. The minimum absolute atomic E-state index is 0.00949. The minimum Gasteiger partial charge on any atom is -0.493 e. The van der Waals surface area contributed by atoms with E-state index >= 15 is 0 Å². The SMILES string of the molecule is COc1ccc(C(=O)N2CC(Oc3nccs3)C2)cc1OC. The van der Waals surface area contributed by atoms with E-state index in [2.05, 4.69) is 4.98 Å². The highest BCUT2D eigenvalue weighted by atomic mass is 32.1. The number of aromatic nitrogens is 1. The second-order valence-electron chi connectivity index (χ2n) is 4.82. The van der Waals surface area contributed by atoms with Crippen LogP contribution in [0.15, 0.2) is 29.8 Å². The Kier molecular flexibility index (Phi) is 4.15. The molecule has 0 aliphatic carbocycles. The van der Waals surface area contributed by atoms with Crippen LogP contribution in [-0.4, -0.2) is 49.2 Å². The number of hydrogen-bond donors (Lipinski definition) is 0. The van der Waals surface area contributed by atoms with E-state index < -0.39 is 0 Å². The molecule has 3 rings (SSSR count). The first kappa shape index (κ1) is 14.6. The average Bonchev–Trinajstić information content (AvgIpc) is 3.02. The van der Waals surface area contributed by atoms with Crippen molar-refractivity contribution in [2.45, 2.75) is 6.10 Å². The number of rotatable bonds is 5. The van der Waals surface area contributed by atoms with E-state index in [0.29, 0.717) is 35.3 Å². The largest absolute Gasteiger partial charge is 0.493 e. The maximum atomic E-state index is 12.4. The molecule has 1 aliphatic heterocycles. The van der Waals surface area contributed by atoms with Crippen molar-refractivity contribution in [3.8, 4) is 16.7 Å². The normalized spacial score (nSPS) is 14.4. The summed E-state index contributed by atoms with van der Waals surface area (Å²) in [5.74, 6) is 1.11. The number of ether oxygens (including phenoxy) is 3. The predicted molar refractivity (Wildman–Crippen MR) is 82.0 cm³/mol. The van der Waals surface area contributed by atoms with Crippen LogP contribution in [0.3, 0.4) is 0 Å². The fraction of sp³-hybridized carbons (Fsp3) is 0.333. The average molecular weight is 320 g/mol. The van der Waals surface area contributed by atoms with Gasteiger partial charge in [0.25, 0.3) is 11.1 Å². The molecule has 0 unspecified atom stereocenters. The Morgan fingerprint density at radius 3 is 2.68 bits per heavy atom. The molecule has 6 nitrogen and oxygen atoms in total. The monoisotopic (exact) mass is 320 g/mol. The van der Waals surface area contributed by atoms with Crippen LogP contribution >= 0.6 is 11.3 Å². The third-order valence-corrected chi connectivity index (χ3v) is 4.10. The lowest BCUT2D eigenvalue weighted by Crippen LogP contribution is -2.56. The lowest BCUT2D eigenvalue weighted by Gasteiger charge is -2.38. The van der Waals surface area contributed by atoms with Gasteiger partial charge in [-0.05, 0) is 18.2 Å². The lowest BCUT2D eigenvalue weighted by molar-refractivity contribution is 0.0177. The van der Waals surface area contributed by atoms with Gasteiger partial charge in [-0.3, -0.25) is 4.79 Å². The van der Waals surface area contributed by atoms with Gasteiger partial charge in [0, 0.05) is 17.1 Å². The van der Waals surface area contributed by atoms with E-state index in [1.165, 1.54) is 11.3 Å². The molecule has 1 fully saturated rings. The number of benzene rings is 1. The zero-order valence-corrected chi connectivity index (χ0v) is 13.1. The Morgan fingerprint density at radius 2 is 2.05 bits per heavy atom. The molecular weight excluding hydrogens is 304 g/mol. The highest BCUT2D eigenvalue weighted by molar-refractivity contribution is 7.11. The highest BCUT2D eigenvalue weighted by Crippen LogP contribution is 2.29. The molecular formula is C15H16N2O4S. The molecule has 116 valence electrons. The van der Waals surface area contributed by atoms with Crippen molar-refractivity contribution in [1.29, 1.82) is 0 Å². The molecule has 0 N–H and O–H groups in total. The second-order valence-corrected chi connectivity index (χ2v) is 5.67. The van der Waals surface area contributed by atoms with Gasteiger partial charge >= 0.3 is 0 Å². The van der Waals surface area contributed by atoms with Gasteiger partial charge in [-0.15, -0.1) is 0 Å². The molecule has 0 atom stereocenters. The fourth-order valence-electron chi connectivity index (χ4n) is 2.24. The predicted octanol–water partition coefficient (Wildman–Crippen LogP) is 2.06. The highest BCUT2D eigenvalue weighted by Gasteiger charge is 2.33. The van der Waals surface area contributed by atoms with Gasteiger partial charge in [-0.1, -0.05) is 11.3 Å². The van der Waals surface area contributed by atoms with Crippen LogP contribution < -0.4 is 14.2 Å². The van der Waals surface area contributed by atoms with Crippen molar-refractivity contribution in [2.75, 3.05) is 27.3 Å². The standard InChI is InChI=1S/C15H16N2O4S/c1-19-12-4-3-10(7-13(12)20-2)14(18)17-8-11(9-17)21-15-16-5-6-22-15/h3-7,11H,8-9H2,1-2H3. The summed E-state index contributed by atoms with van der Waals surface area (Å²) in [6.45, 7) is 1.12. The number of carbonyl (C=O) groups is 1. The van der Waals surface area contributed by atoms with Crippen LogP contribution in [0, 0.1) is 0 Å². The Bertz CT molecular complexity index is 654. The van der Waals surface area contributed by atoms with E-state index in [1.54, 1.807) is 43.5 Å². The summed E-state index contributed by atoms with van der Waals surface area (Å²) >= 11 is 1.45. The zero-order valence-electron chi connectivity index (χ0n) is 12.3. The number of amides is 1. The van der Waals surface area contributed by atoms with Gasteiger partial charge in [0.05, 0.1) is 27.3 Å². The molecule has 2 aromatic rings. The second kappa shape index (κ2) is 6.23. The van der Waals surface area contributed by atoms with Gasteiger partial charge in [0.15, 0.2) is 11.5 Å². The van der Waals surface area contributed by atoms with Crippen molar-refractivity contribution in [1.82, 2.24) is 9.88 Å². The molecule has 22 heavy (non-hydrogen) atoms. The van der Waals surface area contributed by atoms with Gasteiger partial charge in [-0.2, -0.15) is 0 Å². The van der Waals surface area contributed by atoms with Crippen molar-refractivity contribution in [3.05, 3.63) is 35.3 Å². The minimum atomic E-state index is -0.0417. The topological polar surface area (TPSA) is 60.9 Å². The van der Waals surface area contributed by atoms with Crippen LogP contribution in [0.5, 0.6) is 16.7 Å². The van der Waals surface area contributed by atoms with Gasteiger partial charge in [0.2, 0.25) is 0 Å². The van der Waals surface area contributed by atoms with E-state index in [4.69, 9.17) is 14.2 Å². The first-order valence-corrected chi connectivity index (χ1v) is 7.66. The van der Waals surface area contributed by atoms with Gasteiger partial charge in [-0.25, -0.2) is 4.98 Å². The molecule has 0 saturated carbocycles. The molecule has 1 saturated heterocycles. The van der Waals surface area contributed by atoms with Crippen molar-refractivity contribution in [2.24, 2.45) is 0 Å². The summed E-state index contributed by atoms with van der Waals surface area (Å²) in [4.78, 5) is 18.2. The Hall–Kier alpha value is -2.28. The summed E-state index contributed by atoms with van der Waals surface area (Å²) in [5.41, 5.74) is 0.574. The molecule has 0 radical (unpaired) electrons. The zero-order chi connectivity index (χ0) is 15.5. The lowest BCUT2D eigenvalue weighted by atomic mass is 10.1. The Balaban J connectivity index is 1.61. The number of methoxy groups -OCH3 is 2. The first-order chi connectivity index (χ1) is 10.7. The first-order valence-electron chi connectivity index (χ1n) is 6.78. The van der Waals surface area contributed by atoms with Crippen molar-refractivity contribution >= 4 is 17.2 Å². The molecule has 1 aliphatic rings. The van der Waals surface area contributed by atoms with Crippen LogP contribution in [0.4, 0.5) is 0 Å². The Morgan fingerprint density at radius 1 is 1.27 bits per heavy atom. The number of thiazole rings is 1. The number of nitrogens with zero attached hydrogens (tertiary/aromatic N) is 2. The summed E-state index contributed by atoms with van der Waals surface area (Å²) in [7, 11) is 3.11. The summed E-state index contributed by atoms with van der Waals surface area (Å²) in [5, 5.41) is 2.50. The van der Waals surface area contributed by atoms with Gasteiger partial charge < -0.3 is 19.1 Å². The Labute approximate surface area is 132 Å². The van der Waals surface area contributed by atoms with E-state index in [0.717, 1.165) is 0 Å². The maximum Gasteiger partial charge on any atom is 0.273 e. The molecule has 1 amide bonds. The summed E-state index contributed by atoms with van der Waals surface area (Å²) in [6, 6.07) is 5.16. The molecule has 1 aromatic heterocycles. The smallest absolute Gasteiger partial charge is 0.273 e. The van der Waals surface area contributed by atoms with E-state index in [1.807, 2.05) is 5.38 Å². The molecule has 1 aromatic carbocycles. The summed E-state index contributed by atoms with van der Waals surface area (Å²) in [6.07, 6.45) is 1.71. The fourth-order valence-corrected chi connectivity index (χ4v) is 2.79. The van der Waals surface area contributed by atoms with Crippen LogP contribution in [0.25, 0.3) is 0 Å². The van der Waals surface area contributed by atoms with Crippen LogP contribution in [0.2, 0.25) is 0 Å². The van der Waals surface area contributed by atoms with Crippen LogP contribution in [0.1, 0.15) is 10.4 Å². The number of likely N-dealkylation sites (tertiary alicyclic amines) is 1. The van der Waals surface area contributed by atoms with E-state index in [-0.39, 0.29) is 12.0 Å². The van der Waals surface area contributed by atoms with Gasteiger partial charge in [0.1, 0.15) is 6.10 Å². The quantitative estimate of drug-likeness (QED) is 0.844. The summed E-state index contributed by atoms with van der Waals surface area (Å²) < 4.78 is 16.1. The van der Waals surface area contributed by atoms with E-state index in [9.17, 15) is 4.79 Å². The number of carbonyl (C=O) groups excluding carboxylic acids is 1. The van der Waals surface area contributed by atoms with Crippen molar-refractivity contribution < 1.29 is 19.0 Å². The van der Waals surface area contributed by atoms with Crippen molar-refractivity contribution in [3.63, 3.8) is 0 Å². The molecule has 2 heterocycles. The third kappa shape index (κ3) is 2.85. The molecule has 7 heteroatoms. The number of hydrogen-bond acceptors (Lipinski definition) is 6. The van der Waals surface area contributed by atoms with Crippen LogP contribution in [-0.2, 0) is 0 Å². The molecule has 0 bridgehead atoms. The third-order valence-electron chi connectivity index (χ3n) is 3.44.